The van der Waals surface area contributed by atoms with Gasteiger partial charge >= 0.3 is 6.03 Å². The molecule has 17 heteroatoms. The number of hydrogen-bond donors (Lipinski definition) is 4. The van der Waals surface area contributed by atoms with Gasteiger partial charge in [0.05, 0.1) is 32.8 Å². The van der Waals surface area contributed by atoms with Gasteiger partial charge in [0.1, 0.15) is 9.79 Å². The Balaban J connectivity index is 2.15. The summed E-state index contributed by atoms with van der Waals surface area (Å²) in [5.41, 5.74) is -0.564. The standard InChI is InChI=1S/C25H18Br2Cl2N4O7S2/c26-13-5-1-3-7-17(13)32(18-8-4-2-6-14(18)27)25(36)33(19-11-9-15(28)23(21(19)34)41(30,37)38)20-12-10-16(29)24(22(20)35)42(31,39)40/h1-12,34-35H,(H2,30,37,38)(H2,31,39,40). The highest BCUT2D eigenvalue weighted by molar-refractivity contribution is 9.11. The van der Waals surface area contributed by atoms with Gasteiger partial charge in [0.2, 0.25) is 20.0 Å². The topological polar surface area (TPSA) is 184 Å². The molecular weight excluding hydrogens is 763 g/mol. The quantitative estimate of drug-likeness (QED) is 0.176. The molecule has 11 nitrogen and oxygen atoms in total. The number of halogens is 4. The van der Waals surface area contributed by atoms with Crippen LogP contribution < -0.4 is 20.1 Å². The molecule has 220 valence electrons. The number of nitrogens with zero attached hydrogens (tertiary/aromatic N) is 2. The number of benzene rings is 4. The van der Waals surface area contributed by atoms with Crippen LogP contribution in [0.25, 0.3) is 0 Å². The molecule has 0 spiro atoms. The molecule has 2 amide bonds. The van der Waals surface area contributed by atoms with E-state index in [4.69, 9.17) is 33.5 Å². The minimum Gasteiger partial charge on any atom is -0.504 e. The van der Waals surface area contributed by atoms with Crippen LogP contribution >= 0.6 is 55.1 Å². The molecule has 0 heterocycles. The minimum absolute atomic E-state index is 0.264. The van der Waals surface area contributed by atoms with E-state index in [2.05, 4.69) is 31.9 Å². The molecule has 0 radical (unpaired) electrons. The predicted molar refractivity (Wildman–Crippen MR) is 167 cm³/mol. The van der Waals surface area contributed by atoms with Gasteiger partial charge in [-0.1, -0.05) is 47.5 Å². The molecule has 0 aliphatic rings. The summed E-state index contributed by atoms with van der Waals surface area (Å²) in [6, 6.07) is 16.3. The molecule has 0 aromatic heterocycles. The van der Waals surface area contributed by atoms with Crippen LogP contribution in [-0.2, 0) is 20.0 Å². The van der Waals surface area contributed by atoms with Gasteiger partial charge in [-0.05, 0) is 80.4 Å². The van der Waals surface area contributed by atoms with Crippen molar-refractivity contribution < 1.29 is 31.8 Å². The van der Waals surface area contributed by atoms with Gasteiger partial charge in [-0.2, -0.15) is 0 Å². The number of amides is 2. The van der Waals surface area contributed by atoms with E-state index < -0.39 is 68.8 Å². The Morgan fingerprint density at radius 1 is 0.619 bits per heavy atom. The molecule has 0 saturated heterocycles. The summed E-state index contributed by atoms with van der Waals surface area (Å²) in [6.45, 7) is 0. The van der Waals surface area contributed by atoms with Gasteiger partial charge in [-0.3, -0.25) is 9.80 Å². The molecule has 0 aliphatic heterocycles. The molecular formula is C25H18Br2Cl2N4O7S2. The number of nitrogens with two attached hydrogens (primary N) is 2. The number of rotatable bonds is 6. The summed E-state index contributed by atoms with van der Waals surface area (Å²) < 4.78 is 50.3. The van der Waals surface area contributed by atoms with Crippen molar-refractivity contribution in [2.45, 2.75) is 9.79 Å². The summed E-state index contributed by atoms with van der Waals surface area (Å²) in [5.74, 6) is -2.13. The maximum atomic E-state index is 14.7. The molecule has 0 bridgehead atoms. The smallest absolute Gasteiger partial charge is 0.338 e. The molecule has 6 N–H and O–H groups in total. The Kier molecular flexibility index (Phi) is 9.16. The summed E-state index contributed by atoms with van der Waals surface area (Å²) in [7, 11) is -9.32. The normalized spacial score (nSPS) is 11.8. The van der Waals surface area contributed by atoms with E-state index in [9.17, 15) is 31.8 Å². The van der Waals surface area contributed by atoms with Gasteiger partial charge in [-0.15, -0.1) is 0 Å². The number of hydrogen-bond acceptors (Lipinski definition) is 7. The van der Waals surface area contributed by atoms with E-state index in [1.54, 1.807) is 48.5 Å². The third-order valence-corrected chi connectivity index (χ3v) is 9.90. The average molecular weight is 781 g/mol. The summed E-state index contributed by atoms with van der Waals surface area (Å²) in [6.07, 6.45) is 0. The van der Waals surface area contributed by atoms with Crippen LogP contribution in [0, 0.1) is 0 Å². The molecule has 4 aromatic rings. The Hall–Kier alpha value is -2.89. The fourth-order valence-corrected chi connectivity index (χ4v) is 7.31. The third kappa shape index (κ3) is 6.09. The fourth-order valence-electron chi connectivity index (χ4n) is 4.01. The lowest BCUT2D eigenvalue weighted by atomic mass is 10.2. The maximum absolute atomic E-state index is 14.7. The highest BCUT2D eigenvalue weighted by atomic mass is 79.9. The van der Waals surface area contributed by atoms with Crippen molar-refractivity contribution in [1.82, 2.24) is 0 Å². The van der Waals surface area contributed by atoms with Gasteiger partial charge in [0.15, 0.2) is 11.5 Å². The molecule has 0 atom stereocenters. The lowest BCUT2D eigenvalue weighted by molar-refractivity contribution is 0.255. The van der Waals surface area contributed by atoms with Crippen LogP contribution in [0.1, 0.15) is 0 Å². The number of anilines is 4. The van der Waals surface area contributed by atoms with Crippen molar-refractivity contribution in [2.75, 3.05) is 9.80 Å². The zero-order valence-corrected chi connectivity index (χ0v) is 27.1. The first-order valence-corrected chi connectivity index (χ1v) is 16.7. The van der Waals surface area contributed by atoms with Crippen LogP contribution in [0.2, 0.25) is 10.0 Å². The molecule has 42 heavy (non-hydrogen) atoms. The number of sulfonamides is 2. The summed E-state index contributed by atoms with van der Waals surface area (Å²) >= 11 is 18.9. The summed E-state index contributed by atoms with van der Waals surface area (Å²) in [5, 5.41) is 32.0. The van der Waals surface area contributed by atoms with Crippen molar-refractivity contribution in [3.8, 4) is 11.5 Å². The second kappa shape index (κ2) is 12.0. The van der Waals surface area contributed by atoms with Crippen molar-refractivity contribution in [3.05, 3.63) is 91.8 Å². The molecule has 0 aliphatic carbocycles. The lowest BCUT2D eigenvalue weighted by Gasteiger charge is -2.33. The van der Waals surface area contributed by atoms with Crippen LogP contribution in [0.3, 0.4) is 0 Å². The van der Waals surface area contributed by atoms with Gasteiger partial charge in [-0.25, -0.2) is 31.9 Å². The number of para-hydroxylation sites is 2. The first-order valence-electron chi connectivity index (χ1n) is 11.3. The highest BCUT2D eigenvalue weighted by Gasteiger charge is 2.36. The minimum atomic E-state index is -4.66. The van der Waals surface area contributed by atoms with E-state index in [0.717, 1.165) is 29.2 Å². The highest BCUT2D eigenvalue weighted by Crippen LogP contribution is 2.48. The van der Waals surface area contributed by atoms with Crippen molar-refractivity contribution in [1.29, 1.82) is 0 Å². The van der Waals surface area contributed by atoms with E-state index in [-0.39, 0.29) is 11.4 Å². The Bertz CT molecular complexity index is 1830. The number of phenolic OH excluding ortho intramolecular Hbond substituents is 2. The monoisotopic (exact) mass is 778 g/mol. The SMILES string of the molecule is NS(=O)(=O)c1c(Cl)ccc(N(C(=O)N(c2ccccc2Br)c2ccccc2Br)c2ccc(Cl)c(S(N)(=O)=O)c2O)c1O. The van der Waals surface area contributed by atoms with Gasteiger partial charge in [0, 0.05) is 8.95 Å². The van der Waals surface area contributed by atoms with Crippen LogP contribution in [0.5, 0.6) is 11.5 Å². The van der Waals surface area contributed by atoms with E-state index in [1.165, 1.54) is 0 Å². The first kappa shape index (κ1) is 32.0. The zero-order chi connectivity index (χ0) is 31.1. The number of phenols is 2. The Labute approximate surface area is 267 Å². The molecule has 0 saturated carbocycles. The van der Waals surface area contributed by atoms with E-state index >= 15 is 0 Å². The molecule has 4 aromatic carbocycles. The third-order valence-electron chi connectivity index (χ3n) is 5.74. The lowest BCUT2D eigenvalue weighted by Crippen LogP contribution is -2.39. The van der Waals surface area contributed by atoms with E-state index in [0.29, 0.717) is 13.8 Å². The number of urea groups is 1. The molecule has 4 rings (SSSR count). The van der Waals surface area contributed by atoms with Crippen LogP contribution in [0.15, 0.2) is 91.5 Å². The number of carbonyl (C=O) groups is 1. The van der Waals surface area contributed by atoms with Crippen molar-refractivity contribution in [3.63, 3.8) is 0 Å². The maximum Gasteiger partial charge on any atom is 0.338 e. The zero-order valence-electron chi connectivity index (χ0n) is 20.7. The summed E-state index contributed by atoms with van der Waals surface area (Å²) in [4.78, 5) is 14.7. The first-order chi connectivity index (χ1) is 19.6. The molecule has 0 fully saturated rings. The number of aromatic hydroxyl groups is 2. The average Bonchev–Trinajstić information content (AvgIpc) is 2.87. The van der Waals surface area contributed by atoms with Crippen molar-refractivity contribution >= 4 is 104 Å². The number of primary sulfonamides is 2. The van der Waals surface area contributed by atoms with Crippen LogP contribution in [-0.4, -0.2) is 33.1 Å². The van der Waals surface area contributed by atoms with E-state index in [1.807, 2.05) is 0 Å². The van der Waals surface area contributed by atoms with Crippen LogP contribution in [0.4, 0.5) is 27.5 Å². The largest absolute Gasteiger partial charge is 0.504 e. The Morgan fingerprint density at radius 3 is 1.29 bits per heavy atom. The number of carbonyl (C=O) groups excluding carboxylic acids is 1. The molecule has 0 unspecified atom stereocenters. The predicted octanol–water partition coefficient (Wildman–Crippen LogP) is 6.32. The van der Waals surface area contributed by atoms with Crippen molar-refractivity contribution in [2.24, 2.45) is 10.3 Å². The van der Waals surface area contributed by atoms with Gasteiger partial charge < -0.3 is 10.2 Å². The Morgan fingerprint density at radius 2 is 0.952 bits per heavy atom. The second-order valence-electron chi connectivity index (χ2n) is 8.43. The second-order valence-corrected chi connectivity index (χ2v) is 14.0. The fraction of sp³-hybridized carbons (Fsp3) is 0. The van der Waals surface area contributed by atoms with Gasteiger partial charge in [0.25, 0.3) is 0 Å².